The van der Waals surface area contributed by atoms with Crippen LogP contribution in [0.2, 0.25) is 0 Å². The number of aromatic nitrogens is 4. The van der Waals surface area contributed by atoms with Crippen molar-refractivity contribution in [2.75, 3.05) is 13.1 Å². The van der Waals surface area contributed by atoms with Crippen LogP contribution in [0.15, 0.2) is 16.9 Å². The molecule has 0 aromatic carbocycles. The molecule has 1 aliphatic heterocycles. The summed E-state index contributed by atoms with van der Waals surface area (Å²) in [5.74, 6) is 0.906. The van der Waals surface area contributed by atoms with Gasteiger partial charge in [0.2, 0.25) is 5.91 Å². The summed E-state index contributed by atoms with van der Waals surface area (Å²) in [6.45, 7) is 11.5. The van der Waals surface area contributed by atoms with Crippen LogP contribution in [0.4, 0.5) is 0 Å². The van der Waals surface area contributed by atoms with Gasteiger partial charge in [-0.05, 0) is 45.1 Å². The molecule has 146 valence electrons. The van der Waals surface area contributed by atoms with Crippen molar-refractivity contribution in [1.82, 2.24) is 24.5 Å². The molecule has 7 heteroatoms. The topological polar surface area (TPSA) is 73.0 Å². The molecule has 0 aliphatic carbocycles. The van der Waals surface area contributed by atoms with Crippen LogP contribution in [0.1, 0.15) is 44.6 Å². The average Bonchev–Trinajstić information content (AvgIpc) is 2.85. The van der Waals surface area contributed by atoms with Crippen molar-refractivity contribution in [2.45, 2.75) is 47.1 Å². The summed E-state index contributed by atoms with van der Waals surface area (Å²) in [7, 11) is 1.88. The highest BCUT2D eigenvalue weighted by atomic mass is 16.2. The molecule has 2 aromatic rings. The zero-order chi connectivity index (χ0) is 19.9. The molecular weight excluding hydrogens is 342 g/mol. The summed E-state index contributed by atoms with van der Waals surface area (Å²) in [5.41, 5.74) is 3.13. The lowest BCUT2D eigenvalue weighted by atomic mass is 9.91. The minimum absolute atomic E-state index is 0.0419. The maximum atomic E-state index is 13.0. The van der Waals surface area contributed by atoms with Crippen molar-refractivity contribution in [3.63, 3.8) is 0 Å². The second-order valence-corrected chi connectivity index (χ2v) is 8.04. The van der Waals surface area contributed by atoms with Crippen LogP contribution in [-0.4, -0.2) is 43.5 Å². The molecule has 7 nitrogen and oxygen atoms in total. The molecule has 3 atom stereocenters. The predicted molar refractivity (Wildman–Crippen MR) is 104 cm³/mol. The maximum Gasteiger partial charge on any atom is 0.267 e. The van der Waals surface area contributed by atoms with Crippen LogP contribution < -0.4 is 5.56 Å². The van der Waals surface area contributed by atoms with Crippen molar-refractivity contribution in [3.05, 3.63) is 33.9 Å². The van der Waals surface area contributed by atoms with E-state index in [-0.39, 0.29) is 11.5 Å². The lowest BCUT2D eigenvalue weighted by Crippen LogP contribution is -2.46. The Morgan fingerprint density at radius 2 is 1.78 bits per heavy atom. The molecule has 27 heavy (non-hydrogen) atoms. The summed E-state index contributed by atoms with van der Waals surface area (Å²) >= 11 is 0. The Balaban J connectivity index is 1.94. The van der Waals surface area contributed by atoms with Crippen LogP contribution in [0, 0.1) is 25.7 Å². The number of piperidine rings is 1. The van der Waals surface area contributed by atoms with Crippen molar-refractivity contribution < 1.29 is 4.79 Å². The zero-order valence-electron chi connectivity index (χ0n) is 17.1. The molecule has 0 saturated carbocycles. The Labute approximate surface area is 160 Å². The Kier molecular flexibility index (Phi) is 5.22. The number of carbonyl (C=O) groups is 1. The fraction of sp³-hybridized carbons (Fsp3) is 0.600. The number of amides is 1. The molecule has 0 unspecified atom stereocenters. The first-order valence-electron chi connectivity index (χ1n) is 9.58. The number of hydrogen-bond donors (Lipinski definition) is 0. The molecule has 0 N–H and O–H groups in total. The molecule has 0 bridgehead atoms. The number of rotatable bonds is 3. The fourth-order valence-electron chi connectivity index (χ4n) is 4.19. The number of hydrogen-bond acceptors (Lipinski definition) is 4. The van der Waals surface area contributed by atoms with Gasteiger partial charge in [-0.3, -0.25) is 14.3 Å². The van der Waals surface area contributed by atoms with E-state index in [4.69, 9.17) is 0 Å². The minimum atomic E-state index is -0.632. The second-order valence-electron chi connectivity index (χ2n) is 8.04. The second kappa shape index (κ2) is 7.29. The van der Waals surface area contributed by atoms with Gasteiger partial charge in [-0.25, -0.2) is 4.68 Å². The van der Waals surface area contributed by atoms with Gasteiger partial charge in [-0.2, -0.15) is 10.2 Å². The normalized spacial score (nSPS) is 21.3. The molecule has 1 aliphatic rings. The third-order valence-corrected chi connectivity index (χ3v) is 5.49. The Hall–Kier alpha value is -2.44. The van der Waals surface area contributed by atoms with Gasteiger partial charge >= 0.3 is 0 Å². The van der Waals surface area contributed by atoms with E-state index in [2.05, 4.69) is 24.0 Å². The zero-order valence-corrected chi connectivity index (χ0v) is 17.1. The van der Waals surface area contributed by atoms with E-state index in [9.17, 15) is 9.59 Å². The Morgan fingerprint density at radius 1 is 1.15 bits per heavy atom. The van der Waals surface area contributed by atoms with E-state index < -0.39 is 6.04 Å². The summed E-state index contributed by atoms with van der Waals surface area (Å²) in [6.07, 6.45) is 1.13. The van der Waals surface area contributed by atoms with Crippen LogP contribution in [0.25, 0.3) is 11.3 Å². The van der Waals surface area contributed by atoms with E-state index in [1.165, 1.54) is 10.7 Å². The number of carbonyl (C=O) groups excluding carboxylic acids is 1. The fourth-order valence-corrected chi connectivity index (χ4v) is 4.19. The summed E-state index contributed by atoms with van der Waals surface area (Å²) in [6, 6.07) is 2.56. The van der Waals surface area contributed by atoms with Gasteiger partial charge < -0.3 is 4.90 Å². The Bertz CT molecular complexity index is 904. The first kappa shape index (κ1) is 19.3. The lowest BCUT2D eigenvalue weighted by molar-refractivity contribution is -0.137. The quantitative estimate of drug-likeness (QED) is 0.830. The smallest absolute Gasteiger partial charge is 0.267 e. The van der Waals surface area contributed by atoms with Gasteiger partial charge in [0.25, 0.3) is 5.56 Å². The SMILES string of the molecule is Cc1nn(C)c(C)c1-c1ccc(=O)n([C@@H](C)C(=O)N2C[C@H](C)C[C@H](C)C2)n1. The van der Waals surface area contributed by atoms with Crippen molar-refractivity contribution in [1.29, 1.82) is 0 Å². The number of aryl methyl sites for hydroxylation is 2. The van der Waals surface area contributed by atoms with Gasteiger partial charge in [-0.15, -0.1) is 0 Å². The van der Waals surface area contributed by atoms with Crippen LogP contribution in [0.5, 0.6) is 0 Å². The highest BCUT2D eigenvalue weighted by Crippen LogP contribution is 2.25. The van der Waals surface area contributed by atoms with E-state index in [1.807, 2.05) is 25.8 Å². The Morgan fingerprint density at radius 3 is 2.33 bits per heavy atom. The van der Waals surface area contributed by atoms with Crippen molar-refractivity contribution >= 4 is 5.91 Å². The van der Waals surface area contributed by atoms with Gasteiger partial charge in [0, 0.05) is 37.5 Å². The van der Waals surface area contributed by atoms with E-state index in [0.717, 1.165) is 36.5 Å². The molecular formula is C20H29N5O2. The summed E-state index contributed by atoms with van der Waals surface area (Å²) < 4.78 is 3.11. The van der Waals surface area contributed by atoms with Crippen LogP contribution in [0.3, 0.4) is 0 Å². The predicted octanol–water partition coefficient (Wildman–Crippen LogP) is 2.33. The number of likely N-dealkylation sites (tertiary alicyclic amines) is 1. The molecule has 3 heterocycles. The van der Waals surface area contributed by atoms with Crippen molar-refractivity contribution in [3.8, 4) is 11.3 Å². The van der Waals surface area contributed by atoms with Gasteiger partial charge in [-0.1, -0.05) is 13.8 Å². The highest BCUT2D eigenvalue weighted by molar-refractivity contribution is 5.80. The third kappa shape index (κ3) is 3.68. The molecule has 0 radical (unpaired) electrons. The van der Waals surface area contributed by atoms with E-state index in [1.54, 1.807) is 17.7 Å². The minimum Gasteiger partial charge on any atom is -0.340 e. The van der Waals surface area contributed by atoms with E-state index >= 15 is 0 Å². The average molecular weight is 371 g/mol. The monoisotopic (exact) mass is 371 g/mol. The first-order chi connectivity index (χ1) is 12.7. The summed E-state index contributed by atoms with van der Waals surface area (Å²) in [4.78, 5) is 27.4. The lowest BCUT2D eigenvalue weighted by Gasteiger charge is -2.36. The third-order valence-electron chi connectivity index (χ3n) is 5.49. The van der Waals surface area contributed by atoms with Crippen LogP contribution >= 0.6 is 0 Å². The molecule has 3 rings (SSSR count). The van der Waals surface area contributed by atoms with Crippen LogP contribution in [-0.2, 0) is 11.8 Å². The largest absolute Gasteiger partial charge is 0.340 e. The molecule has 2 aromatic heterocycles. The standard InChI is InChI=1S/C20H29N5O2/c1-12-9-13(2)11-24(10-12)20(27)16(5)25-18(26)8-7-17(22-25)19-14(3)21-23(6)15(19)4/h7-8,12-13,16H,9-11H2,1-6H3/t12-,13+,16-/m0/s1. The highest BCUT2D eigenvalue weighted by Gasteiger charge is 2.30. The van der Waals surface area contributed by atoms with Crippen molar-refractivity contribution in [2.24, 2.45) is 18.9 Å². The first-order valence-corrected chi connectivity index (χ1v) is 9.58. The molecule has 1 saturated heterocycles. The van der Waals surface area contributed by atoms with Gasteiger partial charge in [0.1, 0.15) is 6.04 Å². The number of nitrogens with zero attached hydrogens (tertiary/aromatic N) is 5. The van der Waals surface area contributed by atoms with Gasteiger partial charge in [0.15, 0.2) is 0 Å². The molecule has 1 amide bonds. The van der Waals surface area contributed by atoms with Gasteiger partial charge in [0.05, 0.1) is 11.4 Å². The summed E-state index contributed by atoms with van der Waals surface area (Å²) in [5, 5.41) is 8.96. The molecule has 0 spiro atoms. The van der Waals surface area contributed by atoms with E-state index in [0.29, 0.717) is 17.5 Å². The maximum absolute atomic E-state index is 13.0. The molecule has 1 fully saturated rings.